The van der Waals surface area contributed by atoms with Gasteiger partial charge in [0.05, 0.1) is 11.0 Å². The zero-order valence-electron chi connectivity index (χ0n) is 12.8. The Morgan fingerprint density at radius 2 is 1.86 bits per heavy atom. The van der Waals surface area contributed by atoms with Gasteiger partial charge < -0.3 is 4.98 Å². The smallest absolute Gasteiger partial charge is 0.104 e. The minimum atomic E-state index is 0.316. The highest BCUT2D eigenvalue weighted by atomic mass is 15.1. The summed E-state index contributed by atoms with van der Waals surface area (Å²) in [6.45, 7) is 5.17. The van der Waals surface area contributed by atoms with Crippen LogP contribution in [0, 0.1) is 6.92 Å². The van der Waals surface area contributed by atoms with Gasteiger partial charge in [-0.2, -0.15) is 0 Å². The molecule has 1 aromatic heterocycles. The van der Waals surface area contributed by atoms with Crippen LogP contribution in [0.2, 0.25) is 0 Å². The number of hydrogen-bond acceptors (Lipinski definition) is 2. The first-order chi connectivity index (χ1) is 10.1. The molecule has 0 fully saturated rings. The molecule has 3 nitrogen and oxygen atoms in total. The second-order valence-corrected chi connectivity index (χ2v) is 5.64. The maximum atomic E-state index is 4.64. The van der Waals surface area contributed by atoms with Gasteiger partial charge in [0.1, 0.15) is 5.82 Å². The fraction of sp³-hybridized carbons (Fsp3) is 0.278. The normalized spacial score (nSPS) is 13.0. The van der Waals surface area contributed by atoms with Gasteiger partial charge in [0.25, 0.3) is 0 Å². The summed E-state index contributed by atoms with van der Waals surface area (Å²) in [5, 5.41) is 0. The number of aromatic nitrogens is 2. The molecule has 108 valence electrons. The van der Waals surface area contributed by atoms with Gasteiger partial charge in [-0.05, 0) is 38.1 Å². The Bertz CT molecular complexity index is 731. The van der Waals surface area contributed by atoms with Crippen molar-refractivity contribution in [1.82, 2.24) is 14.9 Å². The number of nitrogens with zero attached hydrogens (tertiary/aromatic N) is 2. The topological polar surface area (TPSA) is 31.9 Å². The van der Waals surface area contributed by atoms with E-state index in [1.165, 1.54) is 11.1 Å². The van der Waals surface area contributed by atoms with Crippen LogP contribution in [0.5, 0.6) is 0 Å². The van der Waals surface area contributed by atoms with Gasteiger partial charge in [-0.25, -0.2) is 4.98 Å². The fourth-order valence-corrected chi connectivity index (χ4v) is 2.76. The molecule has 2 aromatic carbocycles. The Balaban J connectivity index is 1.87. The van der Waals surface area contributed by atoms with Crippen molar-refractivity contribution < 1.29 is 0 Å². The van der Waals surface area contributed by atoms with E-state index >= 15 is 0 Å². The number of hydrogen-bond donors (Lipinski definition) is 1. The van der Waals surface area contributed by atoms with Crippen LogP contribution in [0.25, 0.3) is 11.0 Å². The third kappa shape index (κ3) is 2.83. The van der Waals surface area contributed by atoms with Crippen LogP contribution in [0.4, 0.5) is 0 Å². The van der Waals surface area contributed by atoms with Crippen molar-refractivity contribution in [3.05, 3.63) is 65.5 Å². The van der Waals surface area contributed by atoms with Gasteiger partial charge in [-0.3, -0.25) is 4.90 Å². The molecule has 21 heavy (non-hydrogen) atoms. The third-order valence-corrected chi connectivity index (χ3v) is 4.05. The summed E-state index contributed by atoms with van der Waals surface area (Å²) in [5.41, 5.74) is 4.81. The highest BCUT2D eigenvalue weighted by molar-refractivity contribution is 5.79. The highest BCUT2D eigenvalue weighted by Crippen LogP contribution is 2.27. The SMILES string of the molecule is Cc1nc2c(C(C)N(C)Cc3ccccc3)cccc2[nH]1. The molecule has 1 unspecified atom stereocenters. The fourth-order valence-electron chi connectivity index (χ4n) is 2.76. The van der Waals surface area contributed by atoms with E-state index in [0.717, 1.165) is 23.4 Å². The molecule has 0 aliphatic heterocycles. The van der Waals surface area contributed by atoms with E-state index in [0.29, 0.717) is 6.04 Å². The maximum absolute atomic E-state index is 4.64. The molecule has 3 rings (SSSR count). The molecule has 1 heterocycles. The molecule has 0 saturated carbocycles. The van der Waals surface area contributed by atoms with Gasteiger partial charge in [0, 0.05) is 12.6 Å². The maximum Gasteiger partial charge on any atom is 0.104 e. The number of para-hydroxylation sites is 1. The summed E-state index contributed by atoms with van der Waals surface area (Å²) >= 11 is 0. The van der Waals surface area contributed by atoms with Gasteiger partial charge in [0.2, 0.25) is 0 Å². The number of fused-ring (bicyclic) bond motifs is 1. The van der Waals surface area contributed by atoms with Crippen molar-refractivity contribution in [2.75, 3.05) is 7.05 Å². The van der Waals surface area contributed by atoms with Crippen LogP contribution < -0.4 is 0 Å². The molecule has 0 bridgehead atoms. The van der Waals surface area contributed by atoms with Crippen molar-refractivity contribution in [3.8, 4) is 0 Å². The summed E-state index contributed by atoms with van der Waals surface area (Å²) < 4.78 is 0. The molecule has 0 aliphatic carbocycles. The number of imidazole rings is 1. The van der Waals surface area contributed by atoms with Crippen molar-refractivity contribution >= 4 is 11.0 Å². The number of rotatable bonds is 4. The molecular weight excluding hydrogens is 258 g/mol. The van der Waals surface area contributed by atoms with Crippen LogP contribution in [0.1, 0.15) is 29.9 Å². The largest absolute Gasteiger partial charge is 0.342 e. The summed E-state index contributed by atoms with van der Waals surface area (Å²) in [7, 11) is 2.16. The molecule has 1 atom stereocenters. The lowest BCUT2D eigenvalue weighted by Gasteiger charge is -2.25. The number of aromatic amines is 1. The van der Waals surface area contributed by atoms with E-state index < -0.39 is 0 Å². The van der Waals surface area contributed by atoms with E-state index in [4.69, 9.17) is 0 Å². The van der Waals surface area contributed by atoms with E-state index in [9.17, 15) is 0 Å². The number of aryl methyl sites for hydroxylation is 1. The monoisotopic (exact) mass is 279 g/mol. The van der Waals surface area contributed by atoms with Crippen molar-refractivity contribution in [2.24, 2.45) is 0 Å². The molecule has 0 radical (unpaired) electrons. The zero-order valence-corrected chi connectivity index (χ0v) is 12.8. The van der Waals surface area contributed by atoms with Crippen LogP contribution in [-0.2, 0) is 6.54 Å². The van der Waals surface area contributed by atoms with Crippen molar-refractivity contribution in [1.29, 1.82) is 0 Å². The van der Waals surface area contributed by atoms with Gasteiger partial charge in [-0.1, -0.05) is 42.5 Å². The van der Waals surface area contributed by atoms with Crippen LogP contribution >= 0.6 is 0 Å². The Labute approximate surface area is 125 Å². The predicted molar refractivity (Wildman–Crippen MR) is 87.2 cm³/mol. The first-order valence-corrected chi connectivity index (χ1v) is 7.34. The molecule has 3 aromatic rings. The molecule has 0 aliphatic rings. The molecule has 0 spiro atoms. The molecule has 0 saturated heterocycles. The zero-order chi connectivity index (χ0) is 14.8. The van der Waals surface area contributed by atoms with E-state index in [1.807, 2.05) is 6.92 Å². The molecule has 1 N–H and O–H groups in total. The van der Waals surface area contributed by atoms with Crippen LogP contribution in [-0.4, -0.2) is 21.9 Å². The van der Waals surface area contributed by atoms with Crippen LogP contribution in [0.3, 0.4) is 0 Å². The molecule has 3 heteroatoms. The average molecular weight is 279 g/mol. The number of nitrogens with one attached hydrogen (secondary N) is 1. The predicted octanol–water partition coefficient (Wildman–Crippen LogP) is 4.06. The summed E-state index contributed by atoms with van der Waals surface area (Å²) in [5.74, 6) is 0.968. The number of benzene rings is 2. The lowest BCUT2D eigenvalue weighted by atomic mass is 10.0. The van der Waals surface area contributed by atoms with E-state index in [-0.39, 0.29) is 0 Å². The lowest BCUT2D eigenvalue weighted by Crippen LogP contribution is -2.22. The summed E-state index contributed by atoms with van der Waals surface area (Å²) in [6, 6.07) is 17.2. The van der Waals surface area contributed by atoms with Gasteiger partial charge in [0.15, 0.2) is 0 Å². The Morgan fingerprint density at radius 1 is 1.10 bits per heavy atom. The third-order valence-electron chi connectivity index (χ3n) is 4.05. The standard InChI is InChI=1S/C18H21N3/c1-13(21(3)12-15-8-5-4-6-9-15)16-10-7-11-17-18(16)20-14(2)19-17/h4-11,13H,12H2,1-3H3,(H,19,20). The minimum Gasteiger partial charge on any atom is -0.342 e. The van der Waals surface area contributed by atoms with Crippen LogP contribution in [0.15, 0.2) is 48.5 Å². The summed E-state index contributed by atoms with van der Waals surface area (Å²) in [6.07, 6.45) is 0. The molecule has 0 amide bonds. The first-order valence-electron chi connectivity index (χ1n) is 7.34. The quantitative estimate of drug-likeness (QED) is 0.781. The first kappa shape index (κ1) is 13.8. The van der Waals surface area contributed by atoms with E-state index in [2.05, 4.69) is 77.4 Å². The Morgan fingerprint density at radius 3 is 2.62 bits per heavy atom. The van der Waals surface area contributed by atoms with E-state index in [1.54, 1.807) is 0 Å². The molecular formula is C18H21N3. The lowest BCUT2D eigenvalue weighted by molar-refractivity contribution is 0.254. The summed E-state index contributed by atoms with van der Waals surface area (Å²) in [4.78, 5) is 10.3. The second kappa shape index (κ2) is 5.70. The van der Waals surface area contributed by atoms with Crippen molar-refractivity contribution in [2.45, 2.75) is 26.4 Å². The highest BCUT2D eigenvalue weighted by Gasteiger charge is 2.16. The average Bonchev–Trinajstić information content (AvgIpc) is 2.87. The number of H-pyrrole nitrogens is 1. The van der Waals surface area contributed by atoms with Gasteiger partial charge >= 0.3 is 0 Å². The van der Waals surface area contributed by atoms with Crippen molar-refractivity contribution in [3.63, 3.8) is 0 Å². The Kier molecular flexibility index (Phi) is 3.76. The Hall–Kier alpha value is -2.13. The second-order valence-electron chi connectivity index (χ2n) is 5.64. The minimum absolute atomic E-state index is 0.316. The van der Waals surface area contributed by atoms with Gasteiger partial charge in [-0.15, -0.1) is 0 Å².